The first-order chi connectivity index (χ1) is 21.1. The molecule has 0 unspecified atom stereocenters. The summed E-state index contributed by atoms with van der Waals surface area (Å²) in [7, 11) is -1.50. The molecule has 3 aromatic heterocycles. The first-order valence-corrected chi connectivity index (χ1v) is 18.3. The molecular weight excluding hydrogens is 735 g/mol. The largest absolute Gasteiger partial charge is 0.501 e. The van der Waals surface area contributed by atoms with Gasteiger partial charge in [-0.3, -0.25) is 4.98 Å². The number of imidazole rings is 1. The summed E-state index contributed by atoms with van der Waals surface area (Å²) in [4.78, 5) is 9.46. The van der Waals surface area contributed by atoms with Gasteiger partial charge in [-0.05, 0) is 41.9 Å². The van der Waals surface area contributed by atoms with Crippen molar-refractivity contribution in [1.82, 2.24) is 14.5 Å². The number of para-hydroxylation sites is 3. The topological polar surface area (TPSA) is 43.9 Å². The molecule has 0 saturated heterocycles. The van der Waals surface area contributed by atoms with E-state index in [4.69, 9.17) is 10.8 Å². The Morgan fingerprint density at radius 1 is 0.909 bits per heavy atom. The van der Waals surface area contributed by atoms with Crippen LogP contribution in [0, 0.1) is 12.1 Å². The number of hydrogen-bond acceptors (Lipinski definition) is 3. The molecule has 225 valence electrons. The van der Waals surface area contributed by atoms with Gasteiger partial charge in [0.15, 0.2) is 0 Å². The number of benzene rings is 4. The van der Waals surface area contributed by atoms with Crippen molar-refractivity contribution >= 4 is 46.2 Å². The predicted molar refractivity (Wildman–Crippen MR) is 183 cm³/mol. The average molecular weight is 773 g/mol. The number of nitrogens with zero attached hydrogens (tertiary/aromatic N) is 3. The minimum absolute atomic E-state index is 0. The van der Waals surface area contributed by atoms with Gasteiger partial charge in [0, 0.05) is 39.6 Å². The Morgan fingerprint density at radius 3 is 2.39 bits per heavy atom. The summed E-state index contributed by atoms with van der Waals surface area (Å²) >= 11 is 0. The van der Waals surface area contributed by atoms with E-state index in [2.05, 4.69) is 72.5 Å². The Bertz CT molecular complexity index is 2090. The zero-order valence-electron chi connectivity index (χ0n) is 27.0. The molecule has 4 nitrogen and oxygen atoms in total. The Labute approximate surface area is 275 Å². The van der Waals surface area contributed by atoms with Crippen molar-refractivity contribution in [2.75, 3.05) is 0 Å². The summed E-state index contributed by atoms with van der Waals surface area (Å²) in [5, 5.41) is 3.51. The summed E-state index contributed by atoms with van der Waals surface area (Å²) in [6.45, 7) is 13.8. The summed E-state index contributed by atoms with van der Waals surface area (Å²) in [6.07, 6.45) is 1.98. The molecule has 0 aliphatic rings. The molecular formula is C38H37IrN3OSi-2. The molecule has 4 aromatic carbocycles. The zero-order chi connectivity index (χ0) is 31.1. The van der Waals surface area contributed by atoms with E-state index < -0.39 is 14.0 Å². The Kier molecular flexibility index (Phi) is 8.95. The van der Waals surface area contributed by atoms with Crippen LogP contribution in [-0.2, 0) is 26.7 Å². The number of rotatable bonds is 5. The third kappa shape index (κ3) is 6.07. The molecule has 7 aromatic rings. The first kappa shape index (κ1) is 30.2. The van der Waals surface area contributed by atoms with Gasteiger partial charge >= 0.3 is 0 Å². The fourth-order valence-electron chi connectivity index (χ4n) is 5.61. The molecule has 0 aliphatic carbocycles. The minimum atomic E-state index is -1.50. The van der Waals surface area contributed by atoms with Gasteiger partial charge in [-0.2, -0.15) is 0 Å². The maximum atomic E-state index is 8.44. The maximum absolute atomic E-state index is 8.44. The number of pyridine rings is 1. The van der Waals surface area contributed by atoms with Gasteiger partial charge in [0.1, 0.15) is 5.58 Å². The molecule has 1 radical (unpaired) electrons. The van der Waals surface area contributed by atoms with Crippen LogP contribution >= 0.6 is 0 Å². The fourth-order valence-corrected chi connectivity index (χ4v) is 7.19. The molecule has 0 atom stereocenters. The number of fused-ring (bicyclic) bond motifs is 4. The van der Waals surface area contributed by atoms with Crippen molar-refractivity contribution < 1.29 is 25.9 Å². The van der Waals surface area contributed by atoms with E-state index in [-0.39, 0.29) is 20.1 Å². The van der Waals surface area contributed by atoms with Gasteiger partial charge in [0.25, 0.3) is 0 Å². The molecule has 0 amide bonds. The van der Waals surface area contributed by atoms with Crippen LogP contribution in [0.2, 0.25) is 19.6 Å². The molecule has 44 heavy (non-hydrogen) atoms. The van der Waals surface area contributed by atoms with Gasteiger partial charge < -0.3 is 14.0 Å². The van der Waals surface area contributed by atoms with E-state index in [1.54, 1.807) is 0 Å². The van der Waals surface area contributed by atoms with Crippen LogP contribution in [0.1, 0.15) is 33.6 Å². The molecule has 0 fully saturated rings. The molecule has 0 aliphatic heterocycles. The van der Waals surface area contributed by atoms with Gasteiger partial charge in [-0.25, -0.2) is 0 Å². The van der Waals surface area contributed by atoms with Gasteiger partial charge in [-0.1, -0.05) is 86.4 Å². The Balaban J connectivity index is 0.000000177. The van der Waals surface area contributed by atoms with Crippen molar-refractivity contribution in [3.63, 3.8) is 0 Å². The smallest absolute Gasteiger partial charge is 0.120 e. The third-order valence-corrected chi connectivity index (χ3v) is 9.78. The van der Waals surface area contributed by atoms with Crippen molar-refractivity contribution in [3.05, 3.63) is 115 Å². The zero-order valence-corrected chi connectivity index (χ0v) is 29.4. The van der Waals surface area contributed by atoms with E-state index in [1.165, 1.54) is 5.19 Å². The number of aromatic nitrogens is 3. The van der Waals surface area contributed by atoms with Crippen molar-refractivity contribution in [1.29, 1.82) is 0 Å². The Hall–Kier alpha value is -3.83. The van der Waals surface area contributed by atoms with Crippen LogP contribution in [0.25, 0.3) is 55.6 Å². The Morgan fingerprint density at radius 2 is 1.66 bits per heavy atom. The second-order valence-electron chi connectivity index (χ2n) is 12.0. The number of hydrogen-bond donors (Lipinski definition) is 0. The van der Waals surface area contributed by atoms with Crippen LogP contribution in [0.15, 0.2) is 102 Å². The molecule has 0 N–H and O–H groups in total. The minimum Gasteiger partial charge on any atom is -0.501 e. The summed E-state index contributed by atoms with van der Waals surface area (Å²) in [5.41, 5.74) is 7.78. The van der Waals surface area contributed by atoms with Gasteiger partial charge in [0.05, 0.1) is 30.5 Å². The van der Waals surface area contributed by atoms with E-state index in [9.17, 15) is 0 Å². The van der Waals surface area contributed by atoms with Crippen LogP contribution in [0.5, 0.6) is 0 Å². The normalized spacial score (nSPS) is 12.1. The standard InChI is InChI=1S/C21H15N2O.C17H22NSi.Ir/c1-2-23-18-12-5-4-11-17(18)22-21(23)16-10-7-9-15-14-8-3-6-13-19(14)24-20(15)16;1-13(2)15-11-16(14-9-7-6-8-10-14)18-12-17(15)19(3,4)5;/h3-9,11-13H,2H2,1H3;6-9,11-13H,1-5H3;/q2*-1;/i;13D;. The fraction of sp³-hybridized carbons (Fsp3) is 0.211. The van der Waals surface area contributed by atoms with Crippen LogP contribution in [0.3, 0.4) is 0 Å². The van der Waals surface area contributed by atoms with Crippen LogP contribution < -0.4 is 5.19 Å². The molecule has 7 rings (SSSR count). The summed E-state index contributed by atoms with van der Waals surface area (Å²) in [5.74, 6) is 0.297. The van der Waals surface area contributed by atoms with Gasteiger partial charge in [0.2, 0.25) is 0 Å². The second-order valence-corrected chi connectivity index (χ2v) is 17.0. The van der Waals surface area contributed by atoms with Crippen molar-refractivity contribution in [2.45, 2.75) is 52.9 Å². The molecule has 0 bridgehead atoms. The molecule has 3 heterocycles. The molecule has 0 spiro atoms. The number of aryl methyl sites for hydroxylation is 1. The van der Waals surface area contributed by atoms with E-state index in [1.807, 2.05) is 86.8 Å². The van der Waals surface area contributed by atoms with Crippen LogP contribution in [-0.4, -0.2) is 22.6 Å². The van der Waals surface area contributed by atoms with Gasteiger partial charge in [-0.15, -0.1) is 54.1 Å². The van der Waals surface area contributed by atoms with E-state index >= 15 is 0 Å². The second kappa shape index (κ2) is 13.0. The average Bonchev–Trinajstić information content (AvgIpc) is 3.59. The monoisotopic (exact) mass is 773 g/mol. The van der Waals surface area contributed by atoms with Crippen molar-refractivity contribution in [3.8, 4) is 22.6 Å². The SMILES string of the molecule is CCn1c(-c2[c-]ccc3c2oc2ccccc23)nc2ccccc21.[2H]C(C)(C)c1cc(-c2[c-]cccc2)ncc1[Si](C)(C)C.[Ir]. The number of furan rings is 1. The summed E-state index contributed by atoms with van der Waals surface area (Å²) in [6, 6.07) is 36.8. The third-order valence-electron chi connectivity index (χ3n) is 7.77. The quantitative estimate of drug-likeness (QED) is 0.129. The van der Waals surface area contributed by atoms with E-state index in [0.717, 1.165) is 67.7 Å². The molecule has 6 heteroatoms. The predicted octanol–water partition coefficient (Wildman–Crippen LogP) is 9.64. The van der Waals surface area contributed by atoms with Crippen LogP contribution in [0.4, 0.5) is 0 Å². The van der Waals surface area contributed by atoms with E-state index in [0.29, 0.717) is 0 Å². The van der Waals surface area contributed by atoms with Crippen molar-refractivity contribution in [2.24, 2.45) is 0 Å². The summed E-state index contributed by atoms with van der Waals surface area (Å²) < 4.78 is 16.8. The first-order valence-electron chi connectivity index (χ1n) is 15.3. The molecule has 0 saturated carbocycles. The maximum Gasteiger partial charge on any atom is 0.120 e.